The van der Waals surface area contributed by atoms with Gasteiger partial charge < -0.3 is 14.2 Å². The number of thiazole rings is 1. The molecule has 2 aromatic carbocycles. The molecule has 0 fully saturated rings. The van der Waals surface area contributed by atoms with Crippen molar-refractivity contribution in [2.75, 3.05) is 20.3 Å². The summed E-state index contributed by atoms with van der Waals surface area (Å²) >= 11 is 1.31. The molecule has 0 atom stereocenters. The van der Waals surface area contributed by atoms with E-state index < -0.39 is 0 Å². The van der Waals surface area contributed by atoms with E-state index in [4.69, 9.17) is 14.2 Å². The van der Waals surface area contributed by atoms with Crippen LogP contribution in [0.4, 0.5) is 0 Å². The molecule has 0 saturated carbocycles. The zero-order valence-corrected chi connectivity index (χ0v) is 21.4. The zero-order chi connectivity index (χ0) is 24.8. The number of rotatable bonds is 11. The number of hydrogen-bond donors (Lipinski definition) is 0. The topological polar surface area (TPSA) is 75.0 Å². The maximum Gasteiger partial charge on any atom is 0.291 e. The number of ether oxygens (including phenoxy) is 3. The van der Waals surface area contributed by atoms with E-state index >= 15 is 0 Å². The molecule has 0 amide bonds. The first-order valence-electron chi connectivity index (χ1n) is 11.9. The highest BCUT2D eigenvalue weighted by Crippen LogP contribution is 2.29. The lowest BCUT2D eigenvalue weighted by Crippen LogP contribution is -2.23. The molecule has 4 rings (SSSR count). The summed E-state index contributed by atoms with van der Waals surface area (Å²) < 4.78 is 19.0. The van der Waals surface area contributed by atoms with Crippen molar-refractivity contribution in [3.05, 3.63) is 62.9 Å². The van der Waals surface area contributed by atoms with E-state index in [0.717, 1.165) is 36.1 Å². The van der Waals surface area contributed by atoms with Gasteiger partial charge >= 0.3 is 0 Å². The second-order valence-corrected chi connectivity index (χ2v) is 9.72. The standard InChI is InChI=1S/C27H31N3O4S/c1-5-6-14-33-21-10-8-20(9-11-21)25-28-27-30(29-25)26(31)24(35-27)17-19-7-12-22(23(16-19)32-4)34-15-13-18(2)3/h7-12,16-18H,5-6,13-15H2,1-4H3/b24-17-. The first kappa shape index (κ1) is 24.7. The van der Waals surface area contributed by atoms with Gasteiger partial charge in [0, 0.05) is 5.56 Å². The van der Waals surface area contributed by atoms with Crippen molar-refractivity contribution in [2.45, 2.75) is 40.0 Å². The van der Waals surface area contributed by atoms with Gasteiger partial charge in [0.05, 0.1) is 24.9 Å². The average molecular weight is 494 g/mol. The second kappa shape index (κ2) is 11.4. The number of nitrogens with zero attached hydrogens (tertiary/aromatic N) is 3. The summed E-state index contributed by atoms with van der Waals surface area (Å²) in [6, 6.07) is 13.3. The van der Waals surface area contributed by atoms with Gasteiger partial charge in [-0.2, -0.15) is 9.50 Å². The Morgan fingerprint density at radius 3 is 2.54 bits per heavy atom. The van der Waals surface area contributed by atoms with Crippen LogP contribution < -0.4 is 24.3 Å². The molecule has 0 aliphatic heterocycles. The third kappa shape index (κ3) is 6.00. The largest absolute Gasteiger partial charge is 0.494 e. The van der Waals surface area contributed by atoms with Crippen molar-refractivity contribution in [2.24, 2.45) is 5.92 Å². The van der Waals surface area contributed by atoms with E-state index in [2.05, 4.69) is 30.9 Å². The molecule has 8 heteroatoms. The van der Waals surface area contributed by atoms with Crippen LogP contribution in [0, 0.1) is 5.92 Å². The minimum Gasteiger partial charge on any atom is -0.494 e. The van der Waals surface area contributed by atoms with Gasteiger partial charge in [-0.1, -0.05) is 44.6 Å². The third-order valence-corrected chi connectivity index (χ3v) is 6.46. The molecule has 2 aromatic heterocycles. The number of benzene rings is 2. The molecule has 0 aliphatic carbocycles. The summed E-state index contributed by atoms with van der Waals surface area (Å²) in [5, 5.41) is 4.44. The minimum atomic E-state index is -0.195. The molecule has 0 saturated heterocycles. The molecule has 7 nitrogen and oxygen atoms in total. The fourth-order valence-electron chi connectivity index (χ4n) is 3.44. The molecular formula is C27H31N3O4S. The van der Waals surface area contributed by atoms with Gasteiger partial charge in [-0.25, -0.2) is 0 Å². The van der Waals surface area contributed by atoms with E-state index in [-0.39, 0.29) is 5.56 Å². The molecule has 0 N–H and O–H groups in total. The molecule has 0 unspecified atom stereocenters. The maximum atomic E-state index is 13.0. The Balaban J connectivity index is 1.54. The van der Waals surface area contributed by atoms with Crippen LogP contribution in [-0.4, -0.2) is 34.9 Å². The summed E-state index contributed by atoms with van der Waals surface area (Å²) in [5.74, 6) is 3.24. The third-order valence-electron chi connectivity index (χ3n) is 5.50. The van der Waals surface area contributed by atoms with Crippen LogP contribution in [0.3, 0.4) is 0 Å². The van der Waals surface area contributed by atoms with Crippen LogP contribution in [-0.2, 0) is 0 Å². The smallest absolute Gasteiger partial charge is 0.291 e. The van der Waals surface area contributed by atoms with E-state index in [1.807, 2.05) is 48.5 Å². The zero-order valence-electron chi connectivity index (χ0n) is 20.6. The van der Waals surface area contributed by atoms with Gasteiger partial charge in [-0.15, -0.1) is 5.10 Å². The molecule has 4 aromatic rings. The average Bonchev–Trinajstić information content (AvgIpc) is 3.39. The number of hydrogen-bond acceptors (Lipinski definition) is 7. The van der Waals surface area contributed by atoms with E-state index in [9.17, 15) is 4.79 Å². The van der Waals surface area contributed by atoms with Crippen LogP contribution in [0.15, 0.2) is 47.3 Å². The van der Waals surface area contributed by atoms with Gasteiger partial charge in [0.1, 0.15) is 5.75 Å². The molecule has 0 spiro atoms. The first-order valence-corrected chi connectivity index (χ1v) is 12.8. The Bertz CT molecular complexity index is 1380. The molecule has 35 heavy (non-hydrogen) atoms. The van der Waals surface area contributed by atoms with Crippen LogP contribution in [0.25, 0.3) is 22.4 Å². The molecule has 0 radical (unpaired) electrons. The maximum absolute atomic E-state index is 13.0. The molecule has 0 aliphatic rings. The number of unbranched alkanes of at least 4 members (excludes halogenated alkanes) is 1. The lowest BCUT2D eigenvalue weighted by atomic mass is 10.1. The van der Waals surface area contributed by atoms with Gasteiger partial charge in [-0.05, 0) is 66.8 Å². The number of methoxy groups -OCH3 is 1. The van der Waals surface area contributed by atoms with E-state index in [1.54, 1.807) is 7.11 Å². The van der Waals surface area contributed by atoms with Crippen LogP contribution in [0.5, 0.6) is 17.2 Å². The molecule has 2 heterocycles. The highest BCUT2D eigenvalue weighted by Gasteiger charge is 2.13. The van der Waals surface area contributed by atoms with Crippen LogP contribution in [0.2, 0.25) is 0 Å². The van der Waals surface area contributed by atoms with Gasteiger partial charge in [-0.3, -0.25) is 4.79 Å². The molecule has 0 bridgehead atoms. The predicted molar refractivity (Wildman–Crippen MR) is 140 cm³/mol. The first-order chi connectivity index (χ1) is 17.0. The summed E-state index contributed by atoms with van der Waals surface area (Å²) in [7, 11) is 1.61. The summed E-state index contributed by atoms with van der Waals surface area (Å²) in [6.07, 6.45) is 4.91. The molecule has 184 valence electrons. The van der Waals surface area contributed by atoms with Crippen molar-refractivity contribution in [3.63, 3.8) is 0 Å². The Kier molecular flexibility index (Phi) is 8.02. The number of aromatic nitrogens is 3. The quantitative estimate of drug-likeness (QED) is 0.274. The van der Waals surface area contributed by atoms with Gasteiger partial charge in [0.25, 0.3) is 5.56 Å². The van der Waals surface area contributed by atoms with Crippen molar-refractivity contribution in [1.82, 2.24) is 14.6 Å². The Hall–Kier alpha value is -3.39. The van der Waals surface area contributed by atoms with Crippen molar-refractivity contribution < 1.29 is 14.2 Å². The Labute approximate surface area is 209 Å². The predicted octanol–water partition coefficient (Wildman–Crippen LogP) is 4.98. The SMILES string of the molecule is CCCCOc1ccc(-c2nc3s/c(=C\c4ccc(OCCC(C)C)c(OC)c4)c(=O)n3n2)cc1. The lowest BCUT2D eigenvalue weighted by Gasteiger charge is -2.12. The Morgan fingerprint density at radius 2 is 1.86 bits per heavy atom. The lowest BCUT2D eigenvalue weighted by molar-refractivity contribution is 0.273. The fraction of sp³-hybridized carbons (Fsp3) is 0.370. The summed E-state index contributed by atoms with van der Waals surface area (Å²) in [5.41, 5.74) is 1.49. The highest BCUT2D eigenvalue weighted by molar-refractivity contribution is 7.15. The summed E-state index contributed by atoms with van der Waals surface area (Å²) in [6.45, 7) is 7.79. The van der Waals surface area contributed by atoms with Gasteiger partial charge in [0.15, 0.2) is 17.3 Å². The van der Waals surface area contributed by atoms with Crippen molar-refractivity contribution in [1.29, 1.82) is 0 Å². The highest BCUT2D eigenvalue weighted by atomic mass is 32.1. The van der Waals surface area contributed by atoms with Crippen LogP contribution >= 0.6 is 11.3 Å². The Morgan fingerprint density at radius 1 is 1.06 bits per heavy atom. The van der Waals surface area contributed by atoms with Gasteiger partial charge in [0.2, 0.25) is 4.96 Å². The second-order valence-electron chi connectivity index (χ2n) is 8.71. The summed E-state index contributed by atoms with van der Waals surface area (Å²) in [4.78, 5) is 18.1. The van der Waals surface area contributed by atoms with Crippen molar-refractivity contribution >= 4 is 22.4 Å². The monoisotopic (exact) mass is 493 g/mol. The van der Waals surface area contributed by atoms with E-state index in [1.165, 1.54) is 15.9 Å². The van der Waals surface area contributed by atoms with Crippen LogP contribution in [0.1, 0.15) is 45.6 Å². The minimum absolute atomic E-state index is 0.195. The van der Waals surface area contributed by atoms with E-state index in [0.29, 0.717) is 45.9 Å². The fourth-order valence-corrected chi connectivity index (χ4v) is 4.35. The van der Waals surface area contributed by atoms with Crippen molar-refractivity contribution in [3.8, 4) is 28.6 Å². The normalized spacial score (nSPS) is 12.0. The number of fused-ring (bicyclic) bond motifs is 1. The molecular weight excluding hydrogens is 462 g/mol.